The third kappa shape index (κ3) is 2.19. The van der Waals surface area contributed by atoms with Crippen LogP contribution in [0.1, 0.15) is 24.3 Å². The lowest BCUT2D eigenvalue weighted by atomic mass is 10.2. The monoisotopic (exact) mass is 245 g/mol. The maximum atomic E-state index is 5.35. The van der Waals surface area contributed by atoms with Crippen LogP contribution in [0.15, 0.2) is 41.0 Å². The first kappa shape index (κ1) is 11.2. The predicted molar refractivity (Wildman–Crippen MR) is 66.5 cm³/mol. The standard InChI is InChI=1S/C14H15NO3/c1-10(12-3-2-6-16-12)15-8-11-4-5-13-14(7-11)18-9-17-13/h2-7,10,15H,8-9H2,1H3/t10-/m1/s1. The second kappa shape index (κ2) is 4.74. The average Bonchev–Trinajstić information content (AvgIpc) is 3.05. The highest BCUT2D eigenvalue weighted by atomic mass is 16.7. The summed E-state index contributed by atoms with van der Waals surface area (Å²) in [6.45, 7) is 3.15. The van der Waals surface area contributed by atoms with E-state index in [1.54, 1.807) is 6.26 Å². The Morgan fingerprint density at radius 3 is 2.94 bits per heavy atom. The van der Waals surface area contributed by atoms with Gasteiger partial charge in [-0.05, 0) is 36.8 Å². The Kier molecular flexibility index (Phi) is 2.94. The molecule has 1 N–H and O–H groups in total. The van der Waals surface area contributed by atoms with Gasteiger partial charge in [0.25, 0.3) is 0 Å². The lowest BCUT2D eigenvalue weighted by molar-refractivity contribution is 0.174. The molecule has 1 atom stereocenters. The maximum Gasteiger partial charge on any atom is 0.231 e. The summed E-state index contributed by atoms with van der Waals surface area (Å²) in [7, 11) is 0. The van der Waals surface area contributed by atoms with E-state index in [-0.39, 0.29) is 6.04 Å². The Morgan fingerprint density at radius 1 is 1.22 bits per heavy atom. The highest BCUT2D eigenvalue weighted by Gasteiger charge is 2.13. The molecule has 0 radical (unpaired) electrons. The minimum absolute atomic E-state index is 0.186. The van der Waals surface area contributed by atoms with Crippen LogP contribution in [0.25, 0.3) is 0 Å². The van der Waals surface area contributed by atoms with Crippen molar-refractivity contribution in [1.82, 2.24) is 5.32 Å². The molecular formula is C14H15NO3. The van der Waals surface area contributed by atoms with E-state index in [1.807, 2.05) is 30.3 Å². The second-order valence-corrected chi connectivity index (χ2v) is 4.31. The number of benzene rings is 1. The lowest BCUT2D eigenvalue weighted by Gasteiger charge is -2.11. The Bertz CT molecular complexity index is 522. The average molecular weight is 245 g/mol. The van der Waals surface area contributed by atoms with Crippen LogP contribution < -0.4 is 14.8 Å². The van der Waals surface area contributed by atoms with Gasteiger partial charge in [-0.2, -0.15) is 0 Å². The Balaban J connectivity index is 1.63. The summed E-state index contributed by atoms with van der Waals surface area (Å²) < 4.78 is 16.0. The zero-order chi connectivity index (χ0) is 12.4. The Hall–Kier alpha value is -1.94. The zero-order valence-electron chi connectivity index (χ0n) is 10.2. The molecule has 2 heterocycles. The van der Waals surface area contributed by atoms with Crippen molar-refractivity contribution in [2.24, 2.45) is 0 Å². The van der Waals surface area contributed by atoms with Crippen molar-refractivity contribution in [1.29, 1.82) is 0 Å². The molecule has 0 aliphatic carbocycles. The van der Waals surface area contributed by atoms with Gasteiger partial charge in [-0.15, -0.1) is 0 Å². The molecule has 0 fully saturated rings. The molecule has 94 valence electrons. The summed E-state index contributed by atoms with van der Waals surface area (Å²) in [6, 6.07) is 10.0. The number of hydrogen-bond acceptors (Lipinski definition) is 4. The van der Waals surface area contributed by atoms with Crippen LogP contribution in [0.4, 0.5) is 0 Å². The van der Waals surface area contributed by atoms with E-state index in [0.717, 1.165) is 29.4 Å². The smallest absolute Gasteiger partial charge is 0.231 e. The third-order valence-electron chi connectivity index (χ3n) is 3.02. The molecule has 4 nitrogen and oxygen atoms in total. The summed E-state index contributed by atoms with van der Waals surface area (Å²) in [6.07, 6.45) is 1.69. The predicted octanol–water partition coefficient (Wildman–Crippen LogP) is 2.86. The van der Waals surface area contributed by atoms with Gasteiger partial charge in [0.15, 0.2) is 11.5 Å². The van der Waals surface area contributed by atoms with Crippen molar-refractivity contribution in [2.45, 2.75) is 19.5 Å². The van der Waals surface area contributed by atoms with Gasteiger partial charge in [-0.25, -0.2) is 0 Å². The molecule has 0 spiro atoms. The molecule has 0 amide bonds. The van der Waals surface area contributed by atoms with Crippen molar-refractivity contribution in [3.8, 4) is 11.5 Å². The molecule has 0 saturated heterocycles. The van der Waals surface area contributed by atoms with E-state index < -0.39 is 0 Å². The van der Waals surface area contributed by atoms with Gasteiger partial charge >= 0.3 is 0 Å². The normalized spacial score (nSPS) is 14.7. The van der Waals surface area contributed by atoms with Gasteiger partial charge in [0.2, 0.25) is 6.79 Å². The van der Waals surface area contributed by atoms with Gasteiger partial charge in [0.05, 0.1) is 12.3 Å². The fourth-order valence-corrected chi connectivity index (χ4v) is 1.96. The first-order valence-corrected chi connectivity index (χ1v) is 5.98. The van der Waals surface area contributed by atoms with Gasteiger partial charge in [0, 0.05) is 6.54 Å². The fraction of sp³-hybridized carbons (Fsp3) is 0.286. The van der Waals surface area contributed by atoms with E-state index >= 15 is 0 Å². The van der Waals surface area contributed by atoms with Crippen molar-refractivity contribution < 1.29 is 13.9 Å². The Labute approximate surface area is 106 Å². The summed E-state index contributed by atoms with van der Waals surface area (Å²) in [4.78, 5) is 0. The van der Waals surface area contributed by atoms with E-state index in [0.29, 0.717) is 6.79 Å². The van der Waals surface area contributed by atoms with Gasteiger partial charge < -0.3 is 19.2 Å². The summed E-state index contributed by atoms with van der Waals surface area (Å²) >= 11 is 0. The highest BCUT2D eigenvalue weighted by Crippen LogP contribution is 2.32. The zero-order valence-corrected chi connectivity index (χ0v) is 10.2. The molecule has 2 aromatic rings. The van der Waals surface area contributed by atoms with E-state index in [9.17, 15) is 0 Å². The van der Waals surface area contributed by atoms with E-state index in [1.165, 1.54) is 0 Å². The number of ether oxygens (including phenoxy) is 2. The number of rotatable bonds is 4. The van der Waals surface area contributed by atoms with Crippen LogP contribution in [-0.2, 0) is 6.54 Å². The molecular weight excluding hydrogens is 230 g/mol. The highest BCUT2D eigenvalue weighted by molar-refractivity contribution is 5.44. The molecule has 1 aromatic carbocycles. The second-order valence-electron chi connectivity index (χ2n) is 4.31. The molecule has 4 heteroatoms. The first-order chi connectivity index (χ1) is 8.83. The topological polar surface area (TPSA) is 43.6 Å². The summed E-state index contributed by atoms with van der Waals surface area (Å²) in [5.41, 5.74) is 1.16. The summed E-state index contributed by atoms with van der Waals surface area (Å²) in [5.74, 6) is 2.58. The van der Waals surface area contributed by atoms with Crippen LogP contribution in [0.5, 0.6) is 11.5 Å². The molecule has 3 rings (SSSR count). The van der Waals surface area contributed by atoms with Crippen molar-refractivity contribution in [3.63, 3.8) is 0 Å². The molecule has 1 aliphatic heterocycles. The van der Waals surface area contributed by atoms with Gasteiger partial charge in [-0.1, -0.05) is 6.07 Å². The largest absolute Gasteiger partial charge is 0.468 e. The lowest BCUT2D eigenvalue weighted by Crippen LogP contribution is -2.17. The van der Waals surface area contributed by atoms with Crippen LogP contribution >= 0.6 is 0 Å². The fourth-order valence-electron chi connectivity index (χ4n) is 1.96. The molecule has 1 aliphatic rings. The molecule has 18 heavy (non-hydrogen) atoms. The summed E-state index contributed by atoms with van der Waals surface area (Å²) in [5, 5.41) is 3.40. The molecule has 0 unspecified atom stereocenters. The van der Waals surface area contributed by atoms with E-state index in [2.05, 4.69) is 12.2 Å². The van der Waals surface area contributed by atoms with E-state index in [4.69, 9.17) is 13.9 Å². The quantitative estimate of drug-likeness (QED) is 0.899. The van der Waals surface area contributed by atoms with Crippen molar-refractivity contribution in [2.75, 3.05) is 6.79 Å². The number of hydrogen-bond donors (Lipinski definition) is 1. The minimum atomic E-state index is 0.186. The third-order valence-corrected chi connectivity index (χ3v) is 3.02. The van der Waals surface area contributed by atoms with Crippen LogP contribution in [-0.4, -0.2) is 6.79 Å². The molecule has 0 saturated carbocycles. The molecule has 1 aromatic heterocycles. The van der Waals surface area contributed by atoms with Gasteiger partial charge in [-0.3, -0.25) is 0 Å². The minimum Gasteiger partial charge on any atom is -0.468 e. The maximum absolute atomic E-state index is 5.35. The van der Waals surface area contributed by atoms with Gasteiger partial charge in [0.1, 0.15) is 5.76 Å². The SMILES string of the molecule is C[C@@H](NCc1ccc2c(c1)OCO2)c1ccco1. The van der Waals surface area contributed by atoms with Crippen molar-refractivity contribution >= 4 is 0 Å². The number of nitrogens with one attached hydrogen (secondary N) is 1. The number of furan rings is 1. The molecule has 0 bridgehead atoms. The van der Waals surface area contributed by atoms with Crippen LogP contribution in [0, 0.1) is 0 Å². The van der Waals surface area contributed by atoms with Crippen LogP contribution in [0.2, 0.25) is 0 Å². The number of fused-ring (bicyclic) bond motifs is 1. The van der Waals surface area contributed by atoms with Crippen molar-refractivity contribution in [3.05, 3.63) is 47.9 Å². The first-order valence-electron chi connectivity index (χ1n) is 5.98. The van der Waals surface area contributed by atoms with Crippen LogP contribution in [0.3, 0.4) is 0 Å². The Morgan fingerprint density at radius 2 is 2.11 bits per heavy atom.